The second kappa shape index (κ2) is 7.22. The molecule has 7 nitrogen and oxygen atoms in total. The molecule has 0 unspecified atom stereocenters. The van der Waals surface area contributed by atoms with Crippen LogP contribution in [0.5, 0.6) is 0 Å². The molecular weight excluding hydrogens is 392 g/mol. The van der Waals surface area contributed by atoms with Crippen LogP contribution in [0.4, 0.5) is 16.2 Å². The quantitative estimate of drug-likeness (QED) is 0.823. The largest absolute Gasteiger partial charge is 0.444 e. The van der Waals surface area contributed by atoms with Gasteiger partial charge >= 0.3 is 6.09 Å². The fourth-order valence-corrected chi connectivity index (χ4v) is 3.63. The van der Waals surface area contributed by atoms with E-state index >= 15 is 0 Å². The van der Waals surface area contributed by atoms with Crippen molar-refractivity contribution in [2.24, 2.45) is 0 Å². The van der Waals surface area contributed by atoms with Crippen LogP contribution in [-0.4, -0.2) is 46.6 Å². The minimum Gasteiger partial charge on any atom is -0.444 e. The van der Waals surface area contributed by atoms with Crippen LogP contribution < -0.4 is 10.2 Å². The maximum absolute atomic E-state index is 12.7. The van der Waals surface area contributed by atoms with Gasteiger partial charge < -0.3 is 19.9 Å². The Bertz CT molecular complexity index is 967. The van der Waals surface area contributed by atoms with Gasteiger partial charge in [0, 0.05) is 23.7 Å². The first-order valence-electron chi connectivity index (χ1n) is 9.49. The fraction of sp³-hybridized carbons (Fsp3) is 0.381. The number of carbonyl (C=O) groups is 2. The van der Waals surface area contributed by atoms with E-state index in [-0.39, 0.29) is 18.0 Å². The molecule has 4 rings (SSSR count). The molecule has 2 amide bonds. The number of anilines is 2. The summed E-state index contributed by atoms with van der Waals surface area (Å²) >= 11 is 6.05. The number of rotatable bonds is 3. The Hall–Kier alpha value is -2.80. The third-order valence-corrected chi connectivity index (χ3v) is 5.05. The number of nitrogens with zero attached hydrogens (tertiary/aromatic N) is 3. The summed E-state index contributed by atoms with van der Waals surface area (Å²) in [5, 5.41) is 3.98. The molecule has 1 aromatic heterocycles. The van der Waals surface area contributed by atoms with Crippen molar-refractivity contribution in [2.45, 2.75) is 39.0 Å². The van der Waals surface area contributed by atoms with Crippen LogP contribution in [0.1, 0.15) is 36.7 Å². The van der Waals surface area contributed by atoms with Gasteiger partial charge in [-0.25, -0.2) is 4.79 Å². The smallest absolute Gasteiger partial charge is 0.410 e. The molecule has 1 fully saturated rings. The SMILES string of the molecule is CC(C)(C)OC(=O)N1CC(Nc2cncc(N3Cc4cc(Cl)ccc4C3=O)c2)C1. The lowest BCUT2D eigenvalue weighted by atomic mass is 10.1. The van der Waals surface area contributed by atoms with E-state index < -0.39 is 5.60 Å². The number of halogens is 1. The second-order valence-corrected chi connectivity index (χ2v) is 8.79. The van der Waals surface area contributed by atoms with Crippen molar-refractivity contribution >= 4 is 35.0 Å². The summed E-state index contributed by atoms with van der Waals surface area (Å²) in [6.45, 7) is 7.14. The summed E-state index contributed by atoms with van der Waals surface area (Å²) in [6.07, 6.45) is 3.08. The molecule has 0 atom stereocenters. The molecule has 0 saturated carbocycles. The van der Waals surface area contributed by atoms with Crippen LogP contribution in [0.2, 0.25) is 5.02 Å². The maximum atomic E-state index is 12.7. The highest BCUT2D eigenvalue weighted by Gasteiger charge is 2.34. The van der Waals surface area contributed by atoms with E-state index in [1.807, 2.05) is 32.9 Å². The van der Waals surface area contributed by atoms with Crippen LogP contribution in [0.25, 0.3) is 0 Å². The van der Waals surface area contributed by atoms with E-state index in [1.54, 1.807) is 34.3 Å². The monoisotopic (exact) mass is 414 g/mol. The molecule has 2 aromatic rings. The number of nitrogens with one attached hydrogen (secondary N) is 1. The normalized spacial score (nSPS) is 16.5. The average molecular weight is 415 g/mol. The summed E-state index contributed by atoms with van der Waals surface area (Å²) in [6, 6.07) is 7.32. The second-order valence-electron chi connectivity index (χ2n) is 8.35. The van der Waals surface area contributed by atoms with Gasteiger partial charge in [0.2, 0.25) is 0 Å². The van der Waals surface area contributed by atoms with Gasteiger partial charge in [-0.2, -0.15) is 0 Å². The highest BCUT2D eigenvalue weighted by atomic mass is 35.5. The van der Waals surface area contributed by atoms with Gasteiger partial charge in [-0.1, -0.05) is 11.6 Å². The molecule has 0 radical (unpaired) electrons. The van der Waals surface area contributed by atoms with Crippen molar-refractivity contribution in [3.05, 3.63) is 52.8 Å². The topological polar surface area (TPSA) is 74.8 Å². The van der Waals surface area contributed by atoms with Crippen molar-refractivity contribution in [1.82, 2.24) is 9.88 Å². The number of hydrogen-bond donors (Lipinski definition) is 1. The van der Waals surface area contributed by atoms with Gasteiger partial charge in [0.1, 0.15) is 5.60 Å². The summed E-state index contributed by atoms with van der Waals surface area (Å²) in [7, 11) is 0. The van der Waals surface area contributed by atoms with E-state index in [0.29, 0.717) is 30.2 Å². The Morgan fingerprint density at radius 1 is 1.24 bits per heavy atom. The molecule has 29 heavy (non-hydrogen) atoms. The lowest BCUT2D eigenvalue weighted by Crippen LogP contribution is -2.57. The molecule has 3 heterocycles. The highest BCUT2D eigenvalue weighted by molar-refractivity contribution is 6.31. The predicted molar refractivity (Wildman–Crippen MR) is 111 cm³/mol. The first-order chi connectivity index (χ1) is 13.7. The molecule has 0 spiro atoms. The van der Waals surface area contributed by atoms with E-state index in [0.717, 1.165) is 16.9 Å². The molecule has 152 valence electrons. The number of fused-ring (bicyclic) bond motifs is 1. The predicted octanol–water partition coefficient (Wildman–Crippen LogP) is 3.93. The Morgan fingerprint density at radius 3 is 2.72 bits per heavy atom. The molecule has 2 aliphatic rings. The van der Waals surface area contributed by atoms with Crippen molar-refractivity contribution in [3.63, 3.8) is 0 Å². The Balaban J connectivity index is 1.38. The Morgan fingerprint density at radius 2 is 2.00 bits per heavy atom. The van der Waals surface area contributed by atoms with E-state index in [4.69, 9.17) is 16.3 Å². The van der Waals surface area contributed by atoms with Crippen molar-refractivity contribution in [2.75, 3.05) is 23.3 Å². The zero-order valence-corrected chi connectivity index (χ0v) is 17.4. The summed E-state index contributed by atoms with van der Waals surface area (Å²) < 4.78 is 5.37. The number of aromatic nitrogens is 1. The van der Waals surface area contributed by atoms with Crippen LogP contribution in [0, 0.1) is 0 Å². The third kappa shape index (κ3) is 4.15. The van der Waals surface area contributed by atoms with E-state index in [9.17, 15) is 9.59 Å². The van der Waals surface area contributed by atoms with Gasteiger partial charge in [-0.3, -0.25) is 9.78 Å². The van der Waals surface area contributed by atoms with Crippen LogP contribution >= 0.6 is 11.6 Å². The molecule has 2 aliphatic heterocycles. The summed E-state index contributed by atoms with van der Waals surface area (Å²) in [4.78, 5) is 32.4. The number of ether oxygens (including phenoxy) is 1. The lowest BCUT2D eigenvalue weighted by molar-refractivity contribution is 0.0105. The number of hydrogen-bond acceptors (Lipinski definition) is 5. The summed E-state index contributed by atoms with van der Waals surface area (Å²) in [5.41, 5.74) is 2.60. The summed E-state index contributed by atoms with van der Waals surface area (Å²) in [5.74, 6) is -0.0599. The first-order valence-corrected chi connectivity index (χ1v) is 9.87. The number of pyridine rings is 1. The molecule has 8 heteroatoms. The standard InChI is InChI=1S/C21H23ClN4O3/c1-21(2,3)29-20(28)25-11-16(12-25)24-15-7-17(9-23-8-15)26-10-13-6-14(22)4-5-18(13)19(26)27/h4-9,16,24H,10-12H2,1-3H3. The fourth-order valence-electron chi connectivity index (χ4n) is 3.43. The van der Waals surface area contributed by atoms with Crippen LogP contribution in [-0.2, 0) is 11.3 Å². The Labute approximate surface area is 174 Å². The minimum atomic E-state index is -0.502. The van der Waals surface area contributed by atoms with Gasteiger partial charge in [-0.15, -0.1) is 0 Å². The number of amides is 2. The number of carbonyl (C=O) groups excluding carboxylic acids is 2. The molecule has 1 N–H and O–H groups in total. The molecule has 0 bridgehead atoms. The maximum Gasteiger partial charge on any atom is 0.410 e. The minimum absolute atomic E-state index is 0.0599. The van der Waals surface area contributed by atoms with Crippen LogP contribution in [0.15, 0.2) is 36.7 Å². The van der Waals surface area contributed by atoms with Gasteiger partial charge in [0.25, 0.3) is 5.91 Å². The Kier molecular flexibility index (Phi) is 4.86. The van der Waals surface area contributed by atoms with Gasteiger partial charge in [0.05, 0.1) is 36.4 Å². The van der Waals surface area contributed by atoms with E-state index in [1.165, 1.54) is 0 Å². The zero-order chi connectivity index (χ0) is 20.8. The molecule has 0 aliphatic carbocycles. The van der Waals surface area contributed by atoms with Gasteiger partial charge in [-0.05, 0) is 50.6 Å². The zero-order valence-electron chi connectivity index (χ0n) is 16.6. The number of likely N-dealkylation sites (tertiary alicyclic amines) is 1. The van der Waals surface area contributed by atoms with Crippen LogP contribution in [0.3, 0.4) is 0 Å². The van der Waals surface area contributed by atoms with E-state index in [2.05, 4.69) is 10.3 Å². The molecular formula is C21H23ClN4O3. The van der Waals surface area contributed by atoms with Crippen molar-refractivity contribution in [1.29, 1.82) is 0 Å². The molecule has 1 saturated heterocycles. The molecule has 1 aromatic carbocycles. The first kappa shape index (κ1) is 19.5. The third-order valence-electron chi connectivity index (χ3n) is 4.81. The highest BCUT2D eigenvalue weighted by Crippen LogP contribution is 2.31. The number of benzene rings is 1. The van der Waals surface area contributed by atoms with Crippen molar-refractivity contribution < 1.29 is 14.3 Å². The average Bonchev–Trinajstić information content (AvgIpc) is 2.92. The lowest BCUT2D eigenvalue weighted by Gasteiger charge is -2.40. The van der Waals surface area contributed by atoms with Gasteiger partial charge in [0.15, 0.2) is 0 Å². The van der Waals surface area contributed by atoms with Crippen molar-refractivity contribution in [3.8, 4) is 0 Å².